The van der Waals surface area contributed by atoms with Crippen molar-refractivity contribution in [3.8, 4) is 0 Å². The minimum atomic E-state index is 0.336. The van der Waals surface area contributed by atoms with Gasteiger partial charge in [0.1, 0.15) is 0 Å². The van der Waals surface area contributed by atoms with Crippen LogP contribution in [0.25, 0.3) is 0 Å². The molecule has 0 bridgehead atoms. The van der Waals surface area contributed by atoms with Crippen molar-refractivity contribution < 1.29 is 4.79 Å². The van der Waals surface area contributed by atoms with Crippen LogP contribution in [0.2, 0.25) is 0 Å². The lowest BCUT2D eigenvalue weighted by Gasteiger charge is -1.92. The van der Waals surface area contributed by atoms with E-state index in [1.807, 2.05) is 6.07 Å². The van der Waals surface area contributed by atoms with E-state index in [9.17, 15) is 4.79 Å². The zero-order valence-corrected chi connectivity index (χ0v) is 8.86. The third-order valence-corrected chi connectivity index (χ3v) is 3.94. The summed E-state index contributed by atoms with van der Waals surface area (Å²) in [6.07, 6.45) is 2.14. The molecule has 0 amide bonds. The molecule has 1 fully saturated rings. The highest BCUT2D eigenvalue weighted by molar-refractivity contribution is 7.14. The Morgan fingerprint density at radius 3 is 2.77 bits per heavy atom. The van der Waals surface area contributed by atoms with Crippen molar-refractivity contribution in [2.45, 2.75) is 26.7 Å². The van der Waals surface area contributed by atoms with Crippen LogP contribution in [0, 0.1) is 11.8 Å². The van der Waals surface area contributed by atoms with Crippen molar-refractivity contribution in [2.75, 3.05) is 0 Å². The molecule has 0 radical (unpaired) electrons. The van der Waals surface area contributed by atoms with Gasteiger partial charge in [0, 0.05) is 10.8 Å². The number of hydrogen-bond donors (Lipinski definition) is 0. The summed E-state index contributed by atoms with van der Waals surface area (Å²) in [6, 6.07) is 4.06. The maximum absolute atomic E-state index is 11.8. The first-order valence-electron chi connectivity index (χ1n) is 4.85. The molecule has 70 valence electrons. The summed E-state index contributed by atoms with van der Waals surface area (Å²) in [7, 11) is 0. The number of thiophene rings is 1. The number of carbonyl (C=O) groups is 1. The number of aryl methyl sites for hydroxylation is 1. The normalized spacial score (nSPS) is 26.0. The Bertz CT molecular complexity index is 327. The minimum absolute atomic E-state index is 0.336. The summed E-state index contributed by atoms with van der Waals surface area (Å²) < 4.78 is 0. The average molecular weight is 194 g/mol. The maximum Gasteiger partial charge on any atom is 0.176 e. The first kappa shape index (κ1) is 8.95. The van der Waals surface area contributed by atoms with Gasteiger partial charge in [0.15, 0.2) is 5.78 Å². The smallest absolute Gasteiger partial charge is 0.176 e. The van der Waals surface area contributed by atoms with Crippen molar-refractivity contribution in [1.29, 1.82) is 0 Å². The summed E-state index contributed by atoms with van der Waals surface area (Å²) >= 11 is 1.66. The number of ketones is 1. The van der Waals surface area contributed by atoms with Gasteiger partial charge in [-0.3, -0.25) is 4.79 Å². The molecule has 2 heteroatoms. The highest BCUT2D eigenvalue weighted by atomic mass is 32.1. The predicted octanol–water partition coefficient (Wildman–Crippen LogP) is 3.15. The van der Waals surface area contributed by atoms with Gasteiger partial charge >= 0.3 is 0 Å². The summed E-state index contributed by atoms with van der Waals surface area (Å²) in [6.45, 7) is 4.27. The number of rotatable bonds is 3. The standard InChI is InChI=1S/C11H14OS/c1-3-8-4-5-10(13-8)11(12)9-6-7(9)2/h4-5,7,9H,3,6H2,1-2H3. The van der Waals surface area contributed by atoms with Crippen LogP contribution in [0.3, 0.4) is 0 Å². The molecule has 1 aromatic rings. The monoisotopic (exact) mass is 194 g/mol. The first-order chi connectivity index (χ1) is 6.22. The van der Waals surface area contributed by atoms with Crippen LogP contribution in [-0.4, -0.2) is 5.78 Å². The van der Waals surface area contributed by atoms with E-state index in [1.54, 1.807) is 11.3 Å². The SMILES string of the molecule is CCc1ccc(C(=O)C2CC2C)s1. The van der Waals surface area contributed by atoms with E-state index in [-0.39, 0.29) is 0 Å². The van der Waals surface area contributed by atoms with Gasteiger partial charge in [-0.1, -0.05) is 13.8 Å². The molecule has 0 spiro atoms. The molecule has 1 aromatic heterocycles. The third kappa shape index (κ3) is 1.68. The molecule has 2 unspecified atom stereocenters. The van der Waals surface area contributed by atoms with Gasteiger partial charge < -0.3 is 0 Å². The fourth-order valence-corrected chi connectivity index (χ4v) is 2.52. The van der Waals surface area contributed by atoms with Crippen LogP contribution in [-0.2, 0) is 6.42 Å². The van der Waals surface area contributed by atoms with E-state index in [2.05, 4.69) is 19.9 Å². The van der Waals surface area contributed by atoms with Crippen molar-refractivity contribution in [1.82, 2.24) is 0 Å². The molecule has 1 saturated carbocycles. The second-order valence-corrected chi connectivity index (χ2v) is 4.97. The predicted molar refractivity (Wildman–Crippen MR) is 55.3 cm³/mol. The molecule has 1 aliphatic carbocycles. The molecule has 1 nitrogen and oxygen atoms in total. The van der Waals surface area contributed by atoms with Crippen LogP contribution in [0.5, 0.6) is 0 Å². The Balaban J connectivity index is 2.11. The average Bonchev–Trinajstić information content (AvgIpc) is 2.70. The number of hydrogen-bond acceptors (Lipinski definition) is 2. The molecule has 0 aromatic carbocycles. The van der Waals surface area contributed by atoms with Crippen molar-refractivity contribution >= 4 is 17.1 Å². The first-order valence-corrected chi connectivity index (χ1v) is 5.67. The lowest BCUT2D eigenvalue weighted by molar-refractivity contribution is 0.0966. The van der Waals surface area contributed by atoms with Gasteiger partial charge in [-0.15, -0.1) is 11.3 Å². The zero-order chi connectivity index (χ0) is 9.42. The van der Waals surface area contributed by atoms with Gasteiger partial charge in [-0.2, -0.15) is 0 Å². The van der Waals surface area contributed by atoms with E-state index in [4.69, 9.17) is 0 Å². The van der Waals surface area contributed by atoms with Crippen molar-refractivity contribution in [3.63, 3.8) is 0 Å². The van der Waals surface area contributed by atoms with Crippen LogP contribution in [0.1, 0.15) is 34.8 Å². The molecular weight excluding hydrogens is 180 g/mol. The Morgan fingerprint density at radius 1 is 1.62 bits per heavy atom. The molecule has 1 heterocycles. The van der Waals surface area contributed by atoms with Crippen LogP contribution in [0.4, 0.5) is 0 Å². The Labute approximate surface area is 82.8 Å². The van der Waals surface area contributed by atoms with Gasteiger partial charge in [0.05, 0.1) is 4.88 Å². The Morgan fingerprint density at radius 2 is 2.31 bits per heavy atom. The van der Waals surface area contributed by atoms with Crippen molar-refractivity contribution in [3.05, 3.63) is 21.9 Å². The molecule has 13 heavy (non-hydrogen) atoms. The molecule has 2 atom stereocenters. The fraction of sp³-hybridized carbons (Fsp3) is 0.545. The van der Waals surface area contributed by atoms with Gasteiger partial charge in [-0.05, 0) is 30.9 Å². The lowest BCUT2D eigenvalue weighted by atomic mass is 10.2. The Hall–Kier alpha value is -0.630. The third-order valence-electron chi connectivity index (χ3n) is 2.70. The molecule has 2 rings (SSSR count). The van der Waals surface area contributed by atoms with Crippen LogP contribution in [0.15, 0.2) is 12.1 Å². The lowest BCUT2D eigenvalue weighted by Crippen LogP contribution is -1.99. The summed E-state index contributed by atoms with van der Waals surface area (Å²) in [5.74, 6) is 1.33. The summed E-state index contributed by atoms with van der Waals surface area (Å²) in [5, 5.41) is 0. The van der Waals surface area contributed by atoms with E-state index < -0.39 is 0 Å². The molecule has 0 N–H and O–H groups in total. The maximum atomic E-state index is 11.8. The molecule has 0 saturated heterocycles. The fourth-order valence-electron chi connectivity index (χ4n) is 1.57. The zero-order valence-electron chi connectivity index (χ0n) is 8.04. The highest BCUT2D eigenvalue weighted by Crippen LogP contribution is 2.41. The highest BCUT2D eigenvalue weighted by Gasteiger charge is 2.39. The van der Waals surface area contributed by atoms with Gasteiger partial charge in [0.2, 0.25) is 0 Å². The van der Waals surface area contributed by atoms with E-state index >= 15 is 0 Å². The van der Waals surface area contributed by atoms with Crippen LogP contribution >= 0.6 is 11.3 Å². The summed E-state index contributed by atoms with van der Waals surface area (Å²) in [4.78, 5) is 14.0. The summed E-state index contributed by atoms with van der Waals surface area (Å²) in [5.41, 5.74) is 0. The van der Waals surface area contributed by atoms with E-state index in [0.717, 1.165) is 17.7 Å². The van der Waals surface area contributed by atoms with E-state index in [0.29, 0.717) is 17.6 Å². The van der Waals surface area contributed by atoms with E-state index in [1.165, 1.54) is 4.88 Å². The van der Waals surface area contributed by atoms with Crippen LogP contribution < -0.4 is 0 Å². The van der Waals surface area contributed by atoms with Gasteiger partial charge in [-0.25, -0.2) is 0 Å². The second kappa shape index (κ2) is 3.26. The Kier molecular flexibility index (Phi) is 2.24. The van der Waals surface area contributed by atoms with Crippen molar-refractivity contribution in [2.24, 2.45) is 11.8 Å². The molecular formula is C11H14OS. The largest absolute Gasteiger partial charge is 0.293 e. The minimum Gasteiger partial charge on any atom is -0.293 e. The number of Topliss-reactive ketones (excluding diaryl/α,β-unsaturated/α-hetero) is 1. The number of carbonyl (C=O) groups excluding carboxylic acids is 1. The second-order valence-electron chi connectivity index (χ2n) is 3.80. The van der Waals surface area contributed by atoms with Gasteiger partial charge in [0.25, 0.3) is 0 Å². The topological polar surface area (TPSA) is 17.1 Å². The molecule has 1 aliphatic rings. The quantitative estimate of drug-likeness (QED) is 0.675. The molecule has 0 aliphatic heterocycles.